The van der Waals surface area contributed by atoms with E-state index < -0.39 is 8.24 Å². The van der Waals surface area contributed by atoms with E-state index in [9.17, 15) is 0 Å². The minimum Gasteiger partial charge on any atom is -0.363 e. The molecule has 1 heterocycles. The minimum atomic E-state index is -1.57. The molecule has 0 aliphatic rings. The van der Waals surface area contributed by atoms with Gasteiger partial charge in [0.05, 0.1) is 4.60 Å². The highest BCUT2D eigenvalue weighted by molar-refractivity contribution is 9.10. The molecular formula is C14H20BrNSi. The third-order valence-corrected chi connectivity index (χ3v) is 10.2. The van der Waals surface area contributed by atoms with E-state index in [2.05, 4.69) is 84.4 Å². The number of rotatable bonds is 1. The van der Waals surface area contributed by atoms with Crippen LogP contribution < -0.4 is 0 Å². The van der Waals surface area contributed by atoms with E-state index >= 15 is 0 Å². The smallest absolute Gasteiger partial charge is 0.162 e. The van der Waals surface area contributed by atoms with Gasteiger partial charge in [0.15, 0.2) is 8.24 Å². The minimum absolute atomic E-state index is 0.331. The van der Waals surface area contributed by atoms with Crippen molar-refractivity contribution in [1.82, 2.24) is 4.23 Å². The molecule has 0 amide bonds. The van der Waals surface area contributed by atoms with Crippen LogP contribution in [0.15, 0.2) is 34.9 Å². The maximum atomic E-state index is 3.74. The molecule has 0 radical (unpaired) electrons. The summed E-state index contributed by atoms with van der Waals surface area (Å²) in [6.45, 7) is 11.9. The highest BCUT2D eigenvalue weighted by Crippen LogP contribution is 2.41. The number of hydrogen-bond acceptors (Lipinski definition) is 0. The van der Waals surface area contributed by atoms with Gasteiger partial charge in [0.1, 0.15) is 0 Å². The highest BCUT2D eigenvalue weighted by Gasteiger charge is 2.39. The van der Waals surface area contributed by atoms with Crippen LogP contribution in [0.5, 0.6) is 0 Å². The van der Waals surface area contributed by atoms with E-state index in [0.717, 1.165) is 0 Å². The molecular weight excluding hydrogens is 290 g/mol. The van der Waals surface area contributed by atoms with Gasteiger partial charge in [0.2, 0.25) is 0 Å². The Bertz CT molecular complexity index is 549. The lowest BCUT2D eigenvalue weighted by Crippen LogP contribution is -2.45. The molecule has 0 aliphatic heterocycles. The lowest BCUT2D eigenvalue weighted by molar-refractivity contribution is 0.701. The van der Waals surface area contributed by atoms with Crippen LogP contribution in [0.2, 0.25) is 18.1 Å². The number of nitrogens with zero attached hydrogens (tertiary/aromatic N) is 1. The van der Waals surface area contributed by atoms with Gasteiger partial charge in [-0.15, -0.1) is 0 Å². The van der Waals surface area contributed by atoms with Crippen molar-refractivity contribution in [2.45, 2.75) is 38.9 Å². The largest absolute Gasteiger partial charge is 0.363 e. The van der Waals surface area contributed by atoms with Crippen LogP contribution in [0.4, 0.5) is 0 Å². The zero-order valence-corrected chi connectivity index (χ0v) is 13.8. The fraction of sp³-hybridized carbons (Fsp3) is 0.429. The molecule has 0 N–H and O–H groups in total. The second-order valence-corrected chi connectivity index (χ2v) is 12.0. The third kappa shape index (κ3) is 2.00. The van der Waals surface area contributed by atoms with Gasteiger partial charge < -0.3 is 4.23 Å². The summed E-state index contributed by atoms with van der Waals surface area (Å²) in [4.78, 5) is 0. The van der Waals surface area contributed by atoms with Gasteiger partial charge in [-0.25, -0.2) is 0 Å². The Kier molecular flexibility index (Phi) is 3.03. The van der Waals surface area contributed by atoms with Crippen LogP contribution in [0.25, 0.3) is 10.9 Å². The second-order valence-electron chi connectivity index (χ2n) is 6.17. The van der Waals surface area contributed by atoms with Crippen LogP contribution in [0.3, 0.4) is 0 Å². The standard InChI is InChI=1S/C14H20BrNSi/c1-14(2,3)17(4,5)16-12-9-7-6-8-11(12)10-13(16)15/h6-10H,1-5H3. The fourth-order valence-electron chi connectivity index (χ4n) is 2.02. The first-order valence-electron chi connectivity index (χ1n) is 6.01. The molecule has 17 heavy (non-hydrogen) atoms. The third-order valence-electron chi connectivity index (χ3n) is 4.06. The first-order chi connectivity index (χ1) is 7.75. The van der Waals surface area contributed by atoms with Gasteiger partial charge in [-0.2, -0.15) is 0 Å². The van der Waals surface area contributed by atoms with Crippen LogP contribution >= 0.6 is 15.9 Å². The summed E-state index contributed by atoms with van der Waals surface area (Å²) in [5, 5.41) is 1.65. The average Bonchev–Trinajstić information content (AvgIpc) is 2.51. The maximum absolute atomic E-state index is 3.74. The molecule has 0 saturated carbocycles. The lowest BCUT2D eigenvalue weighted by Gasteiger charge is -2.39. The van der Waals surface area contributed by atoms with E-state index in [1.54, 1.807) is 0 Å². The lowest BCUT2D eigenvalue weighted by atomic mass is 10.2. The summed E-state index contributed by atoms with van der Waals surface area (Å²) in [5.41, 5.74) is 1.35. The second kappa shape index (κ2) is 3.99. The Labute approximate surface area is 113 Å². The van der Waals surface area contributed by atoms with Crippen molar-refractivity contribution < 1.29 is 0 Å². The Morgan fingerprint density at radius 1 is 1.12 bits per heavy atom. The molecule has 1 aromatic heterocycles. The monoisotopic (exact) mass is 309 g/mol. The molecule has 2 rings (SSSR count). The zero-order valence-electron chi connectivity index (χ0n) is 11.2. The SMILES string of the molecule is CC(C)(C)[Si](C)(C)n1c(Br)cc2ccccc21. The summed E-state index contributed by atoms with van der Waals surface area (Å²) in [5.74, 6) is 0. The molecule has 0 spiro atoms. The van der Waals surface area contributed by atoms with Gasteiger partial charge in [0.25, 0.3) is 0 Å². The molecule has 0 saturated heterocycles. The zero-order chi connectivity index (χ0) is 12.8. The average molecular weight is 310 g/mol. The van der Waals surface area contributed by atoms with E-state index in [0.29, 0.717) is 5.04 Å². The number of para-hydroxylation sites is 1. The van der Waals surface area contributed by atoms with Crippen molar-refractivity contribution in [1.29, 1.82) is 0 Å². The molecule has 2 aromatic rings. The predicted octanol–water partition coefficient (Wildman–Crippen LogP) is 5.26. The van der Waals surface area contributed by atoms with Crippen LogP contribution in [-0.2, 0) is 0 Å². The first-order valence-corrected chi connectivity index (χ1v) is 9.75. The van der Waals surface area contributed by atoms with Gasteiger partial charge in [-0.05, 0) is 38.5 Å². The van der Waals surface area contributed by atoms with Crippen LogP contribution in [0, 0.1) is 0 Å². The van der Waals surface area contributed by atoms with Gasteiger partial charge >= 0.3 is 0 Å². The summed E-state index contributed by atoms with van der Waals surface area (Å²) in [7, 11) is -1.57. The van der Waals surface area contributed by atoms with Gasteiger partial charge in [-0.3, -0.25) is 0 Å². The normalized spacial score (nSPS) is 13.3. The molecule has 1 aromatic carbocycles. The van der Waals surface area contributed by atoms with Crippen molar-refractivity contribution in [2.24, 2.45) is 0 Å². The number of hydrogen-bond donors (Lipinski definition) is 0. The van der Waals surface area contributed by atoms with Crippen LogP contribution in [-0.4, -0.2) is 12.5 Å². The van der Waals surface area contributed by atoms with Crippen molar-refractivity contribution in [3.8, 4) is 0 Å². The van der Waals surface area contributed by atoms with E-state index in [1.165, 1.54) is 15.5 Å². The Balaban J connectivity index is 2.75. The summed E-state index contributed by atoms with van der Waals surface area (Å²) < 4.78 is 3.74. The van der Waals surface area contributed by atoms with Gasteiger partial charge in [0, 0.05) is 5.52 Å². The van der Waals surface area contributed by atoms with E-state index in [1.807, 2.05) is 0 Å². The highest BCUT2D eigenvalue weighted by atomic mass is 79.9. The van der Waals surface area contributed by atoms with Crippen molar-refractivity contribution in [2.75, 3.05) is 0 Å². The molecule has 92 valence electrons. The van der Waals surface area contributed by atoms with E-state index in [-0.39, 0.29) is 0 Å². The molecule has 1 nitrogen and oxygen atoms in total. The molecule has 3 heteroatoms. The fourth-order valence-corrected chi connectivity index (χ4v) is 5.87. The maximum Gasteiger partial charge on any atom is 0.162 e. The van der Waals surface area contributed by atoms with Gasteiger partial charge in [-0.1, -0.05) is 52.1 Å². The van der Waals surface area contributed by atoms with Crippen LogP contribution in [0.1, 0.15) is 20.8 Å². The predicted molar refractivity (Wildman–Crippen MR) is 82.2 cm³/mol. The molecule has 0 atom stereocenters. The number of benzene rings is 1. The summed E-state index contributed by atoms with van der Waals surface area (Å²) >= 11 is 3.74. The quantitative estimate of drug-likeness (QED) is 0.633. The topological polar surface area (TPSA) is 4.93 Å². The number of fused-ring (bicyclic) bond motifs is 1. The molecule has 0 fully saturated rings. The van der Waals surface area contributed by atoms with Crippen molar-refractivity contribution in [3.63, 3.8) is 0 Å². The molecule has 0 unspecified atom stereocenters. The Morgan fingerprint density at radius 3 is 2.29 bits per heavy atom. The summed E-state index contributed by atoms with van der Waals surface area (Å²) in [6.07, 6.45) is 0. The number of halogens is 1. The number of aromatic nitrogens is 1. The first kappa shape index (κ1) is 12.9. The van der Waals surface area contributed by atoms with Crippen molar-refractivity contribution >= 4 is 35.1 Å². The molecule has 0 aliphatic carbocycles. The summed E-state index contributed by atoms with van der Waals surface area (Å²) in [6, 6.07) is 10.9. The van der Waals surface area contributed by atoms with E-state index in [4.69, 9.17) is 0 Å². The Hall–Kier alpha value is -0.543. The Morgan fingerprint density at radius 2 is 1.71 bits per heavy atom. The van der Waals surface area contributed by atoms with Crippen molar-refractivity contribution in [3.05, 3.63) is 34.9 Å². The molecule has 0 bridgehead atoms.